The number of amides is 1. The molecule has 2 fully saturated rings. The third kappa shape index (κ3) is 2.28. The van der Waals surface area contributed by atoms with E-state index in [9.17, 15) is 4.79 Å². The first-order valence-corrected chi connectivity index (χ1v) is 8.12. The minimum Gasteiger partial charge on any atom is -0.379 e. The van der Waals surface area contributed by atoms with Gasteiger partial charge in [-0.1, -0.05) is 12.1 Å². The van der Waals surface area contributed by atoms with Crippen molar-refractivity contribution in [3.05, 3.63) is 24.3 Å². The maximum absolute atomic E-state index is 12.6. The van der Waals surface area contributed by atoms with Gasteiger partial charge in [0.1, 0.15) is 0 Å². The average molecular weight is 314 g/mol. The molecule has 0 radical (unpaired) electrons. The number of hydrogen-bond donors (Lipinski definition) is 0. The Kier molecular flexibility index (Phi) is 3.30. The molecule has 2 saturated heterocycles. The van der Waals surface area contributed by atoms with Crippen LogP contribution in [-0.2, 0) is 16.6 Å². The van der Waals surface area contributed by atoms with Gasteiger partial charge in [0.05, 0.1) is 29.7 Å². The lowest BCUT2D eigenvalue weighted by atomic mass is 9.86. The number of rotatable bonds is 2. The molecular formula is C17H22N4O2. The van der Waals surface area contributed by atoms with Gasteiger partial charge in [-0.05, 0) is 19.1 Å². The van der Waals surface area contributed by atoms with E-state index >= 15 is 0 Å². The minimum absolute atomic E-state index is 0.230. The Balaban J connectivity index is 1.48. The summed E-state index contributed by atoms with van der Waals surface area (Å²) in [6.45, 7) is 6.24. The Bertz CT molecular complexity index is 742. The standard InChI is InChI=1S/C17H22N4O2/c1-17(11-23-12-17)15(22)20-7-9-21(10-8-20)16-18-13-5-3-4-6-14(13)19(16)2/h3-6H,7-12H2,1-2H3. The lowest BCUT2D eigenvalue weighted by Gasteiger charge is -2.43. The first-order valence-electron chi connectivity index (χ1n) is 8.12. The highest BCUT2D eigenvalue weighted by Crippen LogP contribution is 2.30. The molecule has 3 heterocycles. The Labute approximate surface area is 135 Å². The summed E-state index contributed by atoms with van der Waals surface area (Å²) in [5, 5.41) is 0. The van der Waals surface area contributed by atoms with Crippen molar-refractivity contribution in [2.45, 2.75) is 6.92 Å². The summed E-state index contributed by atoms with van der Waals surface area (Å²) in [5.41, 5.74) is 1.85. The average Bonchev–Trinajstić information content (AvgIpc) is 2.89. The zero-order chi connectivity index (χ0) is 16.0. The number of fused-ring (bicyclic) bond motifs is 1. The fourth-order valence-electron chi connectivity index (χ4n) is 3.44. The summed E-state index contributed by atoms with van der Waals surface area (Å²) >= 11 is 0. The predicted octanol–water partition coefficient (Wildman–Crippen LogP) is 1.26. The fraction of sp³-hybridized carbons (Fsp3) is 0.529. The number of para-hydroxylation sites is 2. The molecular weight excluding hydrogens is 292 g/mol. The highest BCUT2D eigenvalue weighted by Gasteiger charge is 2.44. The number of nitrogens with zero attached hydrogens (tertiary/aromatic N) is 4. The lowest BCUT2D eigenvalue weighted by Crippen LogP contribution is -2.58. The van der Waals surface area contributed by atoms with Crippen LogP contribution in [-0.4, -0.2) is 59.8 Å². The predicted molar refractivity (Wildman–Crippen MR) is 88.4 cm³/mol. The molecule has 0 unspecified atom stereocenters. The van der Waals surface area contributed by atoms with Crippen molar-refractivity contribution in [3.8, 4) is 0 Å². The molecule has 1 aromatic carbocycles. The highest BCUT2D eigenvalue weighted by molar-refractivity contribution is 5.84. The van der Waals surface area contributed by atoms with E-state index in [1.165, 1.54) is 0 Å². The number of carbonyl (C=O) groups excluding carboxylic acids is 1. The van der Waals surface area contributed by atoms with Crippen LogP contribution in [0.15, 0.2) is 24.3 Å². The van der Waals surface area contributed by atoms with E-state index in [1.807, 2.05) is 30.0 Å². The van der Waals surface area contributed by atoms with E-state index in [0.29, 0.717) is 13.2 Å². The summed E-state index contributed by atoms with van der Waals surface area (Å²) in [6.07, 6.45) is 0. The number of aryl methyl sites for hydroxylation is 1. The summed E-state index contributed by atoms with van der Waals surface area (Å²) < 4.78 is 7.35. The molecule has 2 aliphatic heterocycles. The van der Waals surface area contributed by atoms with Crippen LogP contribution < -0.4 is 4.90 Å². The number of benzene rings is 1. The normalized spacial score (nSPS) is 20.6. The van der Waals surface area contributed by atoms with Crippen LogP contribution >= 0.6 is 0 Å². The third-order valence-corrected chi connectivity index (χ3v) is 4.97. The molecule has 6 heteroatoms. The van der Waals surface area contributed by atoms with E-state index in [-0.39, 0.29) is 11.3 Å². The molecule has 0 saturated carbocycles. The Hall–Kier alpha value is -2.08. The smallest absolute Gasteiger partial charge is 0.233 e. The van der Waals surface area contributed by atoms with Crippen LogP contribution in [0.2, 0.25) is 0 Å². The van der Waals surface area contributed by atoms with Crippen LogP contribution in [0.25, 0.3) is 11.0 Å². The minimum atomic E-state index is -0.305. The molecule has 2 aromatic rings. The van der Waals surface area contributed by atoms with Gasteiger partial charge in [-0.3, -0.25) is 4.79 Å². The van der Waals surface area contributed by atoms with Crippen LogP contribution in [0.4, 0.5) is 5.95 Å². The summed E-state index contributed by atoms with van der Waals surface area (Å²) in [7, 11) is 2.05. The van der Waals surface area contributed by atoms with Crippen LogP contribution in [0, 0.1) is 5.41 Å². The van der Waals surface area contributed by atoms with Gasteiger partial charge in [-0.15, -0.1) is 0 Å². The molecule has 122 valence electrons. The van der Waals surface area contributed by atoms with E-state index < -0.39 is 0 Å². The van der Waals surface area contributed by atoms with Gasteiger partial charge in [-0.25, -0.2) is 4.98 Å². The number of carbonyl (C=O) groups is 1. The van der Waals surface area contributed by atoms with Crippen molar-refractivity contribution in [3.63, 3.8) is 0 Å². The number of hydrogen-bond acceptors (Lipinski definition) is 4. The first-order chi connectivity index (χ1) is 11.1. The fourth-order valence-corrected chi connectivity index (χ4v) is 3.44. The van der Waals surface area contributed by atoms with Gasteiger partial charge in [0.2, 0.25) is 11.9 Å². The van der Waals surface area contributed by atoms with Gasteiger partial charge < -0.3 is 19.1 Å². The second-order valence-electron chi connectivity index (χ2n) is 6.79. The molecule has 0 N–H and O–H groups in total. The van der Waals surface area contributed by atoms with Gasteiger partial charge in [0.25, 0.3) is 0 Å². The molecule has 1 amide bonds. The topological polar surface area (TPSA) is 50.6 Å². The maximum atomic E-state index is 12.6. The highest BCUT2D eigenvalue weighted by atomic mass is 16.5. The number of aromatic nitrogens is 2. The maximum Gasteiger partial charge on any atom is 0.233 e. The number of ether oxygens (including phenoxy) is 1. The Morgan fingerprint density at radius 3 is 2.48 bits per heavy atom. The molecule has 0 atom stereocenters. The van der Waals surface area contributed by atoms with Crippen molar-refractivity contribution >= 4 is 22.9 Å². The molecule has 2 aliphatic rings. The summed E-state index contributed by atoms with van der Waals surface area (Å²) in [6, 6.07) is 8.17. The molecule has 4 rings (SSSR count). The molecule has 6 nitrogen and oxygen atoms in total. The van der Waals surface area contributed by atoms with Crippen LogP contribution in [0.1, 0.15) is 6.92 Å². The zero-order valence-electron chi connectivity index (χ0n) is 13.7. The van der Waals surface area contributed by atoms with Crippen LogP contribution in [0.5, 0.6) is 0 Å². The van der Waals surface area contributed by atoms with Gasteiger partial charge in [0.15, 0.2) is 0 Å². The monoisotopic (exact) mass is 314 g/mol. The van der Waals surface area contributed by atoms with Gasteiger partial charge in [0, 0.05) is 33.2 Å². The van der Waals surface area contributed by atoms with E-state index in [4.69, 9.17) is 9.72 Å². The largest absolute Gasteiger partial charge is 0.379 e. The van der Waals surface area contributed by atoms with Crippen molar-refractivity contribution in [2.24, 2.45) is 12.5 Å². The molecule has 23 heavy (non-hydrogen) atoms. The summed E-state index contributed by atoms with van der Waals surface area (Å²) in [4.78, 5) is 21.5. The number of imidazole rings is 1. The molecule has 0 aliphatic carbocycles. The number of piperazine rings is 1. The van der Waals surface area contributed by atoms with E-state index in [2.05, 4.69) is 22.6 Å². The van der Waals surface area contributed by atoms with Crippen LogP contribution in [0.3, 0.4) is 0 Å². The Morgan fingerprint density at radius 2 is 1.87 bits per heavy atom. The van der Waals surface area contributed by atoms with Gasteiger partial charge >= 0.3 is 0 Å². The van der Waals surface area contributed by atoms with Crippen molar-refractivity contribution in [2.75, 3.05) is 44.3 Å². The third-order valence-electron chi connectivity index (χ3n) is 4.97. The lowest BCUT2D eigenvalue weighted by molar-refractivity contribution is -0.169. The quantitative estimate of drug-likeness (QED) is 0.837. The SMILES string of the molecule is Cn1c(N2CCN(C(=O)C3(C)COC3)CC2)nc2ccccc21. The second kappa shape index (κ2) is 5.23. The molecule has 0 spiro atoms. The van der Waals surface area contributed by atoms with E-state index in [0.717, 1.165) is 43.2 Å². The first kappa shape index (κ1) is 14.5. The molecule has 1 aromatic heterocycles. The molecule has 0 bridgehead atoms. The van der Waals surface area contributed by atoms with Gasteiger partial charge in [-0.2, -0.15) is 0 Å². The number of anilines is 1. The van der Waals surface area contributed by atoms with Crippen molar-refractivity contribution in [1.82, 2.24) is 14.5 Å². The zero-order valence-corrected chi connectivity index (χ0v) is 13.7. The summed E-state index contributed by atoms with van der Waals surface area (Å²) in [5.74, 6) is 1.21. The van der Waals surface area contributed by atoms with Crippen molar-refractivity contribution < 1.29 is 9.53 Å². The second-order valence-corrected chi connectivity index (χ2v) is 6.79. The van der Waals surface area contributed by atoms with Crippen molar-refractivity contribution in [1.29, 1.82) is 0 Å². The van der Waals surface area contributed by atoms with E-state index in [1.54, 1.807) is 0 Å². The Morgan fingerprint density at radius 1 is 1.17 bits per heavy atom.